The van der Waals surface area contributed by atoms with Crippen molar-refractivity contribution in [1.82, 2.24) is 23.9 Å². The highest BCUT2D eigenvalue weighted by Gasteiger charge is 2.23. The van der Waals surface area contributed by atoms with Gasteiger partial charge in [-0.2, -0.15) is 9.97 Å². The van der Waals surface area contributed by atoms with Gasteiger partial charge in [0.1, 0.15) is 0 Å². The average molecular weight is 735 g/mol. The zero-order valence-electron chi connectivity index (χ0n) is 44.4. The zero-order valence-corrected chi connectivity index (χ0v) is 29.4. The number of para-hydroxylation sites is 4. The molecule has 1 saturated carbocycles. The van der Waals surface area contributed by atoms with Crippen molar-refractivity contribution in [2.45, 2.75) is 37.8 Å². The average Bonchev–Trinajstić information content (AvgIpc) is 4.00. The van der Waals surface area contributed by atoms with Crippen molar-refractivity contribution in [3.05, 3.63) is 163 Å². The molecule has 1 aliphatic rings. The minimum atomic E-state index is -4.01. The van der Waals surface area contributed by atoms with Gasteiger partial charge in [0.25, 0.3) is 0 Å². The van der Waals surface area contributed by atoms with E-state index in [9.17, 15) is 4.11 Å². The predicted molar refractivity (Wildman–Crippen MR) is 231 cm³/mol. The van der Waals surface area contributed by atoms with E-state index in [1.165, 1.54) is 0 Å². The Bertz CT molecular complexity index is 3920. The summed E-state index contributed by atoms with van der Waals surface area (Å²) in [6, 6.07) is 38.7. The van der Waals surface area contributed by atoms with Crippen LogP contribution in [0.15, 0.2) is 158 Å². The van der Waals surface area contributed by atoms with Crippen LogP contribution in [0.2, 0.25) is 0 Å². The first-order chi connectivity index (χ1) is 33.6. The van der Waals surface area contributed by atoms with Crippen molar-refractivity contribution in [2.75, 3.05) is 0 Å². The van der Waals surface area contributed by atoms with Crippen molar-refractivity contribution >= 4 is 59.9 Å². The number of nitrogens with zero attached hydrogens (tertiary/aromatic N) is 5. The summed E-state index contributed by atoms with van der Waals surface area (Å²) in [6.45, 7) is 0. The molecular formula is C51H37N5. The topological polar surface area (TPSA) is 48.0 Å². The lowest BCUT2D eigenvalue weighted by molar-refractivity contribution is 0.443. The summed E-state index contributed by atoms with van der Waals surface area (Å²) in [6.07, 6.45) is -19.8. The lowest BCUT2D eigenvalue weighted by Gasteiger charge is -2.22. The van der Waals surface area contributed by atoms with Crippen molar-refractivity contribution in [3.63, 3.8) is 0 Å². The van der Waals surface area contributed by atoms with Gasteiger partial charge in [0.2, 0.25) is 5.95 Å². The van der Waals surface area contributed by atoms with E-state index >= 15 is 0 Å². The zero-order chi connectivity index (χ0) is 50.1. The third kappa shape index (κ3) is 4.70. The molecule has 7 aromatic carbocycles. The number of hydrogen-bond donors (Lipinski definition) is 0. The Labute approximate surface area is 345 Å². The molecule has 56 heavy (non-hydrogen) atoms. The summed E-state index contributed by atoms with van der Waals surface area (Å²) in [7, 11) is 0. The van der Waals surface area contributed by atoms with Crippen molar-refractivity contribution in [2.24, 2.45) is 0 Å². The maximum absolute atomic E-state index is 9.71. The van der Waals surface area contributed by atoms with Gasteiger partial charge in [-0.05, 0) is 77.8 Å². The van der Waals surface area contributed by atoms with Gasteiger partial charge in [-0.1, -0.05) is 134 Å². The molecular weight excluding hydrogens is 683 g/mol. The first-order valence-electron chi connectivity index (χ1n) is 25.7. The smallest absolute Gasteiger partial charge is 0.238 e. The first kappa shape index (κ1) is 20.2. The van der Waals surface area contributed by atoms with Crippen LogP contribution in [0, 0.1) is 0 Å². The molecule has 0 bridgehead atoms. The van der Waals surface area contributed by atoms with Crippen LogP contribution in [0.25, 0.3) is 99.8 Å². The van der Waals surface area contributed by atoms with Crippen LogP contribution in [0.3, 0.4) is 0 Å². The van der Waals surface area contributed by atoms with Crippen molar-refractivity contribution in [1.29, 1.82) is 0 Å². The Kier molecular flexibility index (Phi) is 4.44. The highest BCUT2D eigenvalue weighted by molar-refractivity contribution is 6.24. The summed E-state index contributed by atoms with van der Waals surface area (Å²) in [4.78, 5) is 14.9. The molecule has 0 amide bonds. The standard InChI is InChI=1S/C51H37N5/c1-2-15-32(16-3-1)33-17-14-18-34(29-33)49-52-50(54-51(53-49)56-46-27-12-6-20-37(46)38-21-7-13-28-47(38)56)41-24-5-4-19-36(41)35-30-42-39-22-8-10-25-44(39)55-45-26-11-9-23-40(45)43(31-35)48(42)55/h4-14,17-32H,1-3,15-16H2/i1D2,2D2,3D2,14D,15D2,16D2,17D,18D,29D,32D. The highest BCUT2D eigenvalue weighted by Crippen LogP contribution is 2.43. The van der Waals surface area contributed by atoms with E-state index in [1.807, 2.05) is 84.9 Å². The second-order valence-electron chi connectivity index (χ2n) is 13.7. The van der Waals surface area contributed by atoms with E-state index in [2.05, 4.69) is 40.8 Å². The first-order valence-corrected chi connectivity index (χ1v) is 18.2. The lowest BCUT2D eigenvalue weighted by Crippen LogP contribution is -2.07. The van der Waals surface area contributed by atoms with E-state index in [0.29, 0.717) is 22.2 Å². The molecule has 0 unspecified atom stereocenters. The van der Waals surface area contributed by atoms with E-state index in [1.54, 1.807) is 16.7 Å². The van der Waals surface area contributed by atoms with Crippen LogP contribution >= 0.6 is 0 Å². The van der Waals surface area contributed by atoms with Gasteiger partial charge >= 0.3 is 0 Å². The monoisotopic (exact) mass is 734 g/mol. The summed E-state index contributed by atoms with van der Waals surface area (Å²) in [5.74, 6) is -4.42. The van der Waals surface area contributed by atoms with Crippen molar-refractivity contribution < 1.29 is 20.6 Å². The molecule has 4 aromatic heterocycles. The van der Waals surface area contributed by atoms with E-state index in [4.69, 9.17) is 31.4 Å². The Hall–Kier alpha value is -6.85. The molecule has 0 N–H and O–H groups in total. The molecule has 5 heteroatoms. The molecule has 0 radical (unpaired) electrons. The summed E-state index contributed by atoms with van der Waals surface area (Å²) >= 11 is 0. The fourth-order valence-electron chi connectivity index (χ4n) is 8.33. The third-order valence-electron chi connectivity index (χ3n) is 10.7. The van der Waals surface area contributed by atoms with Crippen LogP contribution in [0.4, 0.5) is 0 Å². The Morgan fingerprint density at radius 3 is 1.71 bits per heavy atom. The Morgan fingerprint density at radius 2 is 1.07 bits per heavy atom. The third-order valence-corrected chi connectivity index (χ3v) is 10.7. The quantitative estimate of drug-likeness (QED) is 0.177. The van der Waals surface area contributed by atoms with Gasteiger partial charge < -0.3 is 4.40 Å². The summed E-state index contributed by atoms with van der Waals surface area (Å²) in [5, 5.41) is 5.73. The summed E-state index contributed by atoms with van der Waals surface area (Å²) < 4.78 is 138. The van der Waals surface area contributed by atoms with Gasteiger partial charge in [-0.15, -0.1) is 0 Å². The van der Waals surface area contributed by atoms with Gasteiger partial charge in [-0.3, -0.25) is 4.57 Å². The fraction of sp³-hybridized carbons (Fsp3) is 0.118. The van der Waals surface area contributed by atoms with E-state index in [-0.39, 0.29) is 11.8 Å². The molecule has 0 atom stereocenters. The van der Waals surface area contributed by atoms with Crippen LogP contribution in [-0.2, 0) is 0 Å². The second kappa shape index (κ2) is 12.3. The van der Waals surface area contributed by atoms with Crippen LogP contribution in [0.1, 0.15) is 63.9 Å². The number of benzene rings is 7. The van der Waals surface area contributed by atoms with Gasteiger partial charge in [-0.25, -0.2) is 4.98 Å². The Balaban J connectivity index is 1.17. The fourth-order valence-corrected chi connectivity index (χ4v) is 8.33. The molecule has 1 aliphatic carbocycles. The molecule has 266 valence electrons. The van der Waals surface area contributed by atoms with E-state index in [0.717, 1.165) is 54.4 Å². The van der Waals surface area contributed by atoms with Gasteiger partial charge in [0.15, 0.2) is 11.6 Å². The highest BCUT2D eigenvalue weighted by atomic mass is 15.2. The molecule has 5 nitrogen and oxygen atoms in total. The second-order valence-corrected chi connectivity index (χ2v) is 13.7. The SMILES string of the molecule is [2H]c1c([2H])c(-c2nc(-c3ccccc3-c3cc4c5ccccc5n5c6ccccc6c(c3)c45)nc(-n3c4ccccc4c4ccccc43)n2)c([2H])c(C2([2H])C([2H])([2H])C([2H])([2H])C([2H])([2H])C([2H])([2H])C2([2H])[2H])c1[2H]. The number of hydrogen-bond acceptors (Lipinski definition) is 3. The Morgan fingerprint density at radius 1 is 0.536 bits per heavy atom. The van der Waals surface area contributed by atoms with Crippen LogP contribution < -0.4 is 0 Å². The molecule has 12 rings (SSSR count). The largest absolute Gasteiger partial charge is 0.308 e. The molecule has 0 aliphatic heterocycles. The van der Waals surface area contributed by atoms with Gasteiger partial charge in [0.05, 0.1) is 33.1 Å². The lowest BCUT2D eigenvalue weighted by atomic mass is 9.83. The minimum absolute atomic E-state index is 0.00779. The molecule has 0 saturated heterocycles. The molecule has 0 spiro atoms. The van der Waals surface area contributed by atoms with Crippen LogP contribution in [-0.4, -0.2) is 23.9 Å². The van der Waals surface area contributed by atoms with Crippen molar-refractivity contribution in [3.8, 4) is 39.9 Å². The van der Waals surface area contributed by atoms with Gasteiger partial charge in [0, 0.05) is 58.5 Å². The normalized spacial score (nSPS) is 23.0. The minimum Gasteiger partial charge on any atom is -0.308 e. The molecule has 4 heterocycles. The maximum Gasteiger partial charge on any atom is 0.238 e. The number of aromatic nitrogens is 5. The number of fused-ring (bicyclic) bond motifs is 9. The van der Waals surface area contributed by atoms with Crippen LogP contribution in [0.5, 0.6) is 0 Å². The molecule has 11 aromatic rings. The maximum atomic E-state index is 9.71. The van der Waals surface area contributed by atoms with E-state index < -0.39 is 78.9 Å². The number of rotatable bonds is 5. The molecule has 1 fully saturated rings. The predicted octanol–water partition coefficient (Wildman–Crippen LogP) is 13.2. The summed E-state index contributed by atoms with van der Waals surface area (Å²) in [5.41, 5.74) is 4.41.